The fraction of sp³-hybridized carbons (Fsp3) is 0.500. The topological polar surface area (TPSA) is 83.8 Å². The zero-order valence-electron chi connectivity index (χ0n) is 7.32. The van der Waals surface area contributed by atoms with Crippen molar-refractivity contribution in [2.24, 2.45) is 0 Å². The zero-order valence-corrected chi connectivity index (χ0v) is 7.32. The molecule has 0 aliphatic rings. The SMILES string of the molecule is CCCCC=C(O)C(=O)OC(=O)O. The standard InChI is InChI=1S/C8H12O5/c1-2-3-4-5-6(9)7(10)13-8(11)12/h5,9H,2-4H2,1H3,(H,11,12). The number of esters is 1. The van der Waals surface area contributed by atoms with E-state index in [1.54, 1.807) is 0 Å². The van der Waals surface area contributed by atoms with Gasteiger partial charge in [-0.3, -0.25) is 0 Å². The molecular formula is C8H12O5. The van der Waals surface area contributed by atoms with Gasteiger partial charge in [0.25, 0.3) is 0 Å². The molecule has 0 spiro atoms. The summed E-state index contributed by atoms with van der Waals surface area (Å²) in [6.07, 6.45) is 1.80. The lowest BCUT2D eigenvalue weighted by Crippen LogP contribution is -2.11. The molecule has 5 nitrogen and oxygen atoms in total. The Morgan fingerprint density at radius 2 is 2.00 bits per heavy atom. The maximum atomic E-state index is 10.6. The van der Waals surface area contributed by atoms with Gasteiger partial charge < -0.3 is 14.9 Å². The van der Waals surface area contributed by atoms with Crippen molar-refractivity contribution in [3.63, 3.8) is 0 Å². The number of rotatable bonds is 4. The van der Waals surface area contributed by atoms with Crippen LogP contribution in [0.4, 0.5) is 4.79 Å². The molecule has 0 heterocycles. The molecule has 0 aromatic heterocycles. The Balaban J connectivity index is 3.93. The third kappa shape index (κ3) is 5.72. The predicted octanol–water partition coefficient (Wildman–Crippen LogP) is 1.84. The molecule has 5 heteroatoms. The fourth-order valence-corrected chi connectivity index (χ4v) is 0.658. The zero-order chi connectivity index (χ0) is 10.3. The van der Waals surface area contributed by atoms with Crippen LogP contribution in [0.2, 0.25) is 0 Å². The van der Waals surface area contributed by atoms with Gasteiger partial charge in [0.15, 0.2) is 5.76 Å². The highest BCUT2D eigenvalue weighted by Crippen LogP contribution is 2.00. The van der Waals surface area contributed by atoms with Crippen molar-refractivity contribution >= 4 is 12.1 Å². The van der Waals surface area contributed by atoms with Crippen molar-refractivity contribution in [3.05, 3.63) is 11.8 Å². The molecule has 13 heavy (non-hydrogen) atoms. The lowest BCUT2D eigenvalue weighted by atomic mass is 10.2. The largest absolute Gasteiger partial charge is 0.513 e. The second-order valence-electron chi connectivity index (χ2n) is 2.39. The average Bonchev–Trinajstić information content (AvgIpc) is 2.03. The van der Waals surface area contributed by atoms with E-state index in [1.807, 2.05) is 6.92 Å². The molecule has 0 fully saturated rings. The summed E-state index contributed by atoms with van der Waals surface area (Å²) in [5.74, 6) is -1.89. The van der Waals surface area contributed by atoms with E-state index >= 15 is 0 Å². The summed E-state index contributed by atoms with van der Waals surface area (Å²) in [4.78, 5) is 20.5. The molecule has 0 amide bonds. The van der Waals surface area contributed by atoms with Gasteiger partial charge in [-0.05, 0) is 18.9 Å². The van der Waals surface area contributed by atoms with Crippen LogP contribution in [0.15, 0.2) is 11.8 Å². The van der Waals surface area contributed by atoms with Crippen LogP contribution in [0, 0.1) is 0 Å². The first-order valence-corrected chi connectivity index (χ1v) is 3.92. The summed E-state index contributed by atoms with van der Waals surface area (Å²) in [6, 6.07) is 0. The number of hydrogen-bond donors (Lipinski definition) is 2. The molecule has 0 radical (unpaired) electrons. The minimum absolute atomic E-state index is 0.525. The van der Waals surface area contributed by atoms with Gasteiger partial charge in [0.2, 0.25) is 0 Å². The molecule has 0 bridgehead atoms. The third-order valence-electron chi connectivity index (χ3n) is 1.28. The number of carbonyl (C=O) groups is 2. The summed E-state index contributed by atoms with van der Waals surface area (Å²) in [6.45, 7) is 1.96. The number of allylic oxidation sites excluding steroid dienone is 1. The van der Waals surface area contributed by atoms with E-state index in [9.17, 15) is 9.59 Å². The number of aliphatic hydroxyl groups is 1. The maximum absolute atomic E-state index is 10.6. The van der Waals surface area contributed by atoms with Crippen LogP contribution in [-0.2, 0) is 9.53 Å². The van der Waals surface area contributed by atoms with Crippen LogP contribution < -0.4 is 0 Å². The van der Waals surface area contributed by atoms with Crippen LogP contribution >= 0.6 is 0 Å². The fourth-order valence-electron chi connectivity index (χ4n) is 0.658. The van der Waals surface area contributed by atoms with Crippen molar-refractivity contribution in [3.8, 4) is 0 Å². The van der Waals surface area contributed by atoms with Gasteiger partial charge in [-0.1, -0.05) is 13.3 Å². The lowest BCUT2D eigenvalue weighted by molar-refractivity contribution is -0.137. The predicted molar refractivity (Wildman–Crippen MR) is 44.4 cm³/mol. The number of carboxylic acid groups (broad SMARTS) is 1. The summed E-state index contributed by atoms with van der Waals surface area (Å²) in [5.41, 5.74) is 0. The Kier molecular flexibility index (Phi) is 5.34. The molecule has 0 atom stereocenters. The van der Waals surface area contributed by atoms with Crippen LogP contribution in [0.1, 0.15) is 26.2 Å². The van der Waals surface area contributed by atoms with E-state index < -0.39 is 17.9 Å². The van der Waals surface area contributed by atoms with Crippen molar-refractivity contribution < 1.29 is 24.5 Å². The van der Waals surface area contributed by atoms with Gasteiger partial charge in [0, 0.05) is 0 Å². The summed E-state index contributed by atoms with van der Waals surface area (Å²) >= 11 is 0. The van der Waals surface area contributed by atoms with E-state index in [1.165, 1.54) is 6.08 Å². The lowest BCUT2D eigenvalue weighted by Gasteiger charge is -1.96. The molecule has 0 saturated carbocycles. The minimum Gasteiger partial charge on any atom is -0.502 e. The number of unbranched alkanes of at least 4 members (excludes halogenated alkanes) is 2. The van der Waals surface area contributed by atoms with Crippen molar-refractivity contribution in [1.29, 1.82) is 0 Å². The third-order valence-corrected chi connectivity index (χ3v) is 1.28. The molecule has 0 unspecified atom stereocenters. The van der Waals surface area contributed by atoms with Crippen LogP contribution in [0.5, 0.6) is 0 Å². The number of aliphatic hydroxyl groups excluding tert-OH is 1. The molecule has 0 rings (SSSR count). The van der Waals surface area contributed by atoms with Crippen molar-refractivity contribution in [2.75, 3.05) is 0 Å². The molecule has 0 saturated heterocycles. The molecular weight excluding hydrogens is 176 g/mol. The molecule has 2 N–H and O–H groups in total. The average molecular weight is 188 g/mol. The quantitative estimate of drug-likeness (QED) is 0.231. The van der Waals surface area contributed by atoms with Gasteiger partial charge in [0.1, 0.15) is 0 Å². The first kappa shape index (κ1) is 11.5. The van der Waals surface area contributed by atoms with Gasteiger partial charge in [-0.25, -0.2) is 9.59 Å². The molecule has 0 aromatic carbocycles. The van der Waals surface area contributed by atoms with E-state index in [0.717, 1.165) is 12.8 Å². The minimum atomic E-state index is -1.72. The van der Waals surface area contributed by atoms with Crippen LogP contribution in [0.3, 0.4) is 0 Å². The second kappa shape index (κ2) is 6.05. The van der Waals surface area contributed by atoms with Crippen molar-refractivity contribution in [2.45, 2.75) is 26.2 Å². The Morgan fingerprint density at radius 3 is 2.46 bits per heavy atom. The Labute approximate surface area is 75.6 Å². The molecule has 0 aromatic rings. The number of ether oxygens (including phenoxy) is 1. The maximum Gasteiger partial charge on any atom is 0.513 e. The number of hydrogen-bond acceptors (Lipinski definition) is 4. The molecule has 0 aliphatic carbocycles. The first-order chi connectivity index (χ1) is 6.07. The van der Waals surface area contributed by atoms with Gasteiger partial charge in [-0.2, -0.15) is 0 Å². The highest BCUT2D eigenvalue weighted by atomic mass is 16.7. The van der Waals surface area contributed by atoms with Crippen LogP contribution in [-0.4, -0.2) is 22.3 Å². The van der Waals surface area contributed by atoms with Gasteiger partial charge in [0.05, 0.1) is 0 Å². The van der Waals surface area contributed by atoms with E-state index in [-0.39, 0.29) is 0 Å². The number of carbonyl (C=O) groups excluding carboxylic acids is 1. The molecule has 74 valence electrons. The molecule has 0 aliphatic heterocycles. The summed E-state index contributed by atoms with van der Waals surface area (Å²) in [5, 5.41) is 16.9. The Bertz CT molecular complexity index is 219. The highest BCUT2D eigenvalue weighted by molar-refractivity contribution is 5.92. The van der Waals surface area contributed by atoms with E-state index in [2.05, 4.69) is 4.74 Å². The van der Waals surface area contributed by atoms with Gasteiger partial charge >= 0.3 is 12.1 Å². The van der Waals surface area contributed by atoms with Gasteiger partial charge in [-0.15, -0.1) is 0 Å². The van der Waals surface area contributed by atoms with E-state index in [4.69, 9.17) is 10.2 Å². The summed E-state index contributed by atoms with van der Waals surface area (Å²) in [7, 11) is 0. The highest BCUT2D eigenvalue weighted by Gasteiger charge is 2.12. The Morgan fingerprint density at radius 1 is 1.38 bits per heavy atom. The summed E-state index contributed by atoms with van der Waals surface area (Å²) < 4.78 is 3.70. The Hall–Kier alpha value is -1.52. The second-order valence-corrected chi connectivity index (χ2v) is 2.39. The van der Waals surface area contributed by atoms with E-state index in [0.29, 0.717) is 6.42 Å². The van der Waals surface area contributed by atoms with Crippen LogP contribution in [0.25, 0.3) is 0 Å². The first-order valence-electron chi connectivity index (χ1n) is 3.92. The smallest absolute Gasteiger partial charge is 0.502 e. The normalized spacial score (nSPS) is 11.0. The van der Waals surface area contributed by atoms with Crippen molar-refractivity contribution in [1.82, 2.24) is 0 Å². The monoisotopic (exact) mass is 188 g/mol.